The number of halogens is 6. The number of aromatic nitrogens is 3. The zero-order valence-electron chi connectivity index (χ0n) is 26.6. The first kappa shape index (κ1) is 36.2. The second-order valence-corrected chi connectivity index (χ2v) is 12.1. The highest BCUT2D eigenvalue weighted by Gasteiger charge is 2.61. The van der Waals surface area contributed by atoms with Crippen LogP contribution in [0.3, 0.4) is 0 Å². The summed E-state index contributed by atoms with van der Waals surface area (Å²) in [5.74, 6) is -3.32. The topological polar surface area (TPSA) is 132 Å². The van der Waals surface area contributed by atoms with E-state index in [-0.39, 0.29) is 12.8 Å². The Hall–Kier alpha value is -4.67. The lowest BCUT2D eigenvalue weighted by Crippen LogP contribution is -2.45. The minimum Gasteiger partial charge on any atom is -0.444 e. The van der Waals surface area contributed by atoms with Crippen LogP contribution >= 0.6 is 0 Å². The molecule has 1 aliphatic rings. The molecule has 48 heavy (non-hydrogen) atoms. The molecule has 17 heteroatoms. The van der Waals surface area contributed by atoms with Crippen molar-refractivity contribution >= 4 is 23.5 Å². The molecule has 2 amide bonds. The van der Waals surface area contributed by atoms with Gasteiger partial charge in [0.2, 0.25) is 11.5 Å². The number of carbonyl (C=O) groups excluding carboxylic acids is 2. The van der Waals surface area contributed by atoms with Crippen molar-refractivity contribution in [2.45, 2.75) is 76.2 Å². The predicted octanol–water partition coefficient (Wildman–Crippen LogP) is 7.08. The lowest BCUT2D eigenvalue weighted by Gasteiger charge is -2.32. The Kier molecular flexibility index (Phi) is 10.4. The molecule has 2 unspecified atom stereocenters. The number of carbonyl (C=O) groups is 2. The lowest BCUT2D eigenvalue weighted by atomic mass is 9.95. The molecule has 1 aliphatic heterocycles. The average Bonchev–Trinajstić information content (AvgIpc) is 3.46. The highest BCUT2D eigenvalue weighted by molar-refractivity contribution is 5.91. The van der Waals surface area contributed by atoms with Crippen molar-refractivity contribution in [2.75, 3.05) is 24.7 Å². The fourth-order valence-electron chi connectivity index (χ4n) is 4.69. The highest BCUT2D eigenvalue weighted by atomic mass is 19.4. The smallest absolute Gasteiger partial charge is 0.426 e. The van der Waals surface area contributed by atoms with Crippen LogP contribution in [0.15, 0.2) is 53.0 Å². The number of allylic oxidation sites excluding steroid dienone is 1. The summed E-state index contributed by atoms with van der Waals surface area (Å²) < 4.78 is 105. The molecular weight excluding hydrogens is 650 g/mol. The molecule has 4 bridgehead atoms. The number of nitrogens with zero attached hydrogens (tertiary/aromatic N) is 4. The van der Waals surface area contributed by atoms with Crippen LogP contribution in [0, 0.1) is 0 Å². The fourth-order valence-corrected chi connectivity index (χ4v) is 4.69. The molecule has 0 saturated heterocycles. The Balaban J connectivity index is 1.96. The van der Waals surface area contributed by atoms with E-state index < -0.39 is 89.2 Å². The van der Waals surface area contributed by atoms with E-state index >= 15 is 13.2 Å². The van der Waals surface area contributed by atoms with Gasteiger partial charge in [-0.3, -0.25) is 10.1 Å². The number of amides is 2. The Morgan fingerprint density at radius 2 is 1.75 bits per heavy atom. The van der Waals surface area contributed by atoms with Gasteiger partial charge in [0.1, 0.15) is 17.5 Å². The summed E-state index contributed by atoms with van der Waals surface area (Å²) >= 11 is 0. The van der Waals surface area contributed by atoms with Crippen molar-refractivity contribution in [3.8, 4) is 11.6 Å². The number of alkyl halides is 6. The second kappa shape index (κ2) is 13.8. The van der Waals surface area contributed by atoms with Crippen LogP contribution in [0.5, 0.6) is 0 Å². The number of benzene rings is 1. The number of hydrogen-bond donors (Lipinski definition) is 2. The van der Waals surface area contributed by atoms with Gasteiger partial charge in [-0.2, -0.15) is 26.3 Å². The predicted molar refractivity (Wildman–Crippen MR) is 160 cm³/mol. The second-order valence-electron chi connectivity index (χ2n) is 12.1. The summed E-state index contributed by atoms with van der Waals surface area (Å²) in [5, 5.41) is 12.0. The van der Waals surface area contributed by atoms with Crippen LogP contribution in [0.25, 0.3) is 11.6 Å². The zero-order chi connectivity index (χ0) is 35.5. The molecule has 2 N–H and O–H groups in total. The van der Waals surface area contributed by atoms with Gasteiger partial charge in [-0.15, -0.1) is 10.2 Å². The van der Waals surface area contributed by atoms with Crippen LogP contribution < -0.4 is 10.6 Å². The van der Waals surface area contributed by atoms with Gasteiger partial charge in [0.25, 0.3) is 11.8 Å². The number of ether oxygens (including phenoxy) is 2. The van der Waals surface area contributed by atoms with Gasteiger partial charge < -0.3 is 24.1 Å². The molecule has 0 saturated carbocycles. The molecule has 260 valence electrons. The molecule has 0 spiro atoms. The van der Waals surface area contributed by atoms with E-state index in [1.165, 1.54) is 47.0 Å². The van der Waals surface area contributed by atoms with Crippen molar-refractivity contribution in [3.05, 3.63) is 65.6 Å². The molecule has 3 aromatic rings. The molecular formula is C31H34F6N6O5. The quantitative estimate of drug-likeness (QED) is 0.214. The molecule has 1 aromatic carbocycles. The minimum absolute atomic E-state index is 0.217. The Morgan fingerprint density at radius 1 is 1.06 bits per heavy atom. The molecule has 2 aromatic heterocycles. The van der Waals surface area contributed by atoms with E-state index in [2.05, 4.69) is 25.8 Å². The molecule has 3 heterocycles. The van der Waals surface area contributed by atoms with Crippen LogP contribution in [-0.4, -0.2) is 64.0 Å². The van der Waals surface area contributed by atoms with Crippen molar-refractivity contribution < 1.29 is 49.8 Å². The maximum absolute atomic E-state index is 15.1. The van der Waals surface area contributed by atoms with E-state index in [1.54, 1.807) is 30.3 Å². The Morgan fingerprint density at radius 3 is 2.35 bits per heavy atom. The minimum atomic E-state index is -5.13. The molecule has 4 rings (SSSR count). The molecule has 2 atom stereocenters. The Bertz CT molecular complexity index is 1640. The molecule has 0 aliphatic carbocycles. The largest absolute Gasteiger partial charge is 0.444 e. The van der Waals surface area contributed by atoms with Crippen molar-refractivity contribution in [1.29, 1.82) is 0 Å². The van der Waals surface area contributed by atoms with Crippen LogP contribution in [0.1, 0.15) is 57.1 Å². The van der Waals surface area contributed by atoms with Crippen molar-refractivity contribution in [2.24, 2.45) is 0 Å². The van der Waals surface area contributed by atoms with Gasteiger partial charge >= 0.3 is 18.4 Å². The summed E-state index contributed by atoms with van der Waals surface area (Å²) in [6.45, 7) is 4.02. The summed E-state index contributed by atoms with van der Waals surface area (Å²) in [7, 11) is 2.77. The van der Waals surface area contributed by atoms with Gasteiger partial charge in [-0.05, 0) is 51.7 Å². The number of rotatable bonds is 5. The lowest BCUT2D eigenvalue weighted by molar-refractivity contribution is -0.299. The van der Waals surface area contributed by atoms with Crippen LogP contribution in [0.2, 0.25) is 0 Å². The van der Waals surface area contributed by atoms with E-state index in [9.17, 15) is 22.8 Å². The van der Waals surface area contributed by atoms with E-state index in [4.69, 9.17) is 13.9 Å². The first-order valence-electron chi connectivity index (χ1n) is 14.6. The first-order valence-corrected chi connectivity index (χ1v) is 14.6. The number of anilines is 2. The maximum atomic E-state index is 15.1. The van der Waals surface area contributed by atoms with Gasteiger partial charge in [-0.1, -0.05) is 42.5 Å². The van der Waals surface area contributed by atoms with Crippen molar-refractivity contribution in [3.63, 3.8) is 0 Å². The van der Waals surface area contributed by atoms with E-state index in [1.807, 2.05) is 0 Å². The number of pyridine rings is 1. The Labute approximate surface area is 271 Å². The number of likely N-dealkylation sites (N-methyl/N-ethyl adjacent to an activating group) is 1. The number of hydrogen-bond acceptors (Lipinski definition) is 9. The normalized spacial score (nSPS) is 18.8. The first-order chi connectivity index (χ1) is 22.3. The summed E-state index contributed by atoms with van der Waals surface area (Å²) in [4.78, 5) is 30.9. The third-order valence-corrected chi connectivity index (χ3v) is 6.97. The summed E-state index contributed by atoms with van der Waals surface area (Å²) in [6, 6.07) is 7.19. The molecule has 0 fully saturated rings. The number of nitrogens with one attached hydrogen (secondary N) is 2. The van der Waals surface area contributed by atoms with Gasteiger partial charge in [0.15, 0.2) is 5.69 Å². The van der Waals surface area contributed by atoms with Crippen LogP contribution in [-0.2, 0) is 32.7 Å². The fraction of sp³-hybridized carbons (Fsp3) is 0.452. The van der Waals surface area contributed by atoms with E-state index in [0.717, 1.165) is 4.90 Å². The summed E-state index contributed by atoms with van der Waals surface area (Å²) in [6.07, 6.45) is -9.91. The standard InChI is InChI=1S/C31H34F6N6O5/c1-28(2,3)48-27(45)39-21-16-19(30(32,33)34)23-38-20(25(44)43(4)5)14-10-7-11-15-29(31(35,36)37,46-17-18-12-8-6-9-13-18)26-42-41-24(47-26)22(21)40-23/h6-10,12-13,16,20H,11,14-15,17H2,1-5H3,(H,38,40)(H,39,45). The van der Waals surface area contributed by atoms with Crippen LogP contribution in [0.4, 0.5) is 42.6 Å². The zero-order valence-corrected chi connectivity index (χ0v) is 26.6. The molecule has 0 radical (unpaired) electrons. The van der Waals surface area contributed by atoms with Gasteiger partial charge in [0.05, 0.1) is 17.9 Å². The van der Waals surface area contributed by atoms with E-state index in [0.29, 0.717) is 11.6 Å². The summed E-state index contributed by atoms with van der Waals surface area (Å²) in [5.41, 5.74) is -6.54. The third-order valence-electron chi connectivity index (χ3n) is 6.97. The molecule has 11 nitrogen and oxygen atoms in total. The average molecular weight is 685 g/mol. The highest BCUT2D eigenvalue weighted by Crippen LogP contribution is 2.47. The maximum Gasteiger partial charge on any atom is 0.426 e. The SMILES string of the molecule is CN(C)C(=O)C1CC=CCCC(OCc2ccccc2)(C(F)(F)F)c2nnc(o2)-c2nc(c(C(F)(F)F)cc2NC(=O)OC(C)(C)C)N1. The van der Waals surface area contributed by atoms with Crippen molar-refractivity contribution in [1.82, 2.24) is 20.1 Å². The monoisotopic (exact) mass is 684 g/mol. The van der Waals surface area contributed by atoms with Gasteiger partial charge in [-0.25, -0.2) is 9.78 Å². The number of fused-ring (bicyclic) bond motifs is 5. The van der Waals surface area contributed by atoms with Gasteiger partial charge in [0, 0.05) is 14.1 Å². The third kappa shape index (κ3) is 8.42.